The first-order chi connectivity index (χ1) is 15.6. The maximum Gasteiger partial charge on any atom is 0.148 e. The molecule has 0 amide bonds. The van der Waals surface area contributed by atoms with Gasteiger partial charge >= 0.3 is 0 Å². The molecule has 2 aliphatic carbocycles. The van der Waals surface area contributed by atoms with Gasteiger partial charge in [-0.25, -0.2) is 4.39 Å². The molecular weight excluding hydrogens is 423 g/mol. The highest BCUT2D eigenvalue weighted by molar-refractivity contribution is 6.33. The standard InChI is InChI=1S/C26H26ClFN4/c27-24-6-5-20(28)13-23(24)25-7-8-26(31-30-25)29-21-9-18-14-32(15-19(18)10-21)22-11-16-3-1-2-4-17(16)12-22/h1-8,13,18-19,21-22H,9-12,14-15H2,(H,29,31)/t18-,19+,21?. The molecule has 1 saturated heterocycles. The van der Waals surface area contributed by atoms with Gasteiger partial charge < -0.3 is 5.32 Å². The van der Waals surface area contributed by atoms with Crippen molar-refractivity contribution in [2.24, 2.45) is 11.8 Å². The largest absolute Gasteiger partial charge is 0.366 e. The van der Waals surface area contributed by atoms with Crippen LogP contribution in [0, 0.1) is 17.7 Å². The molecule has 6 rings (SSSR count). The second-order valence-electron chi connectivity index (χ2n) is 9.55. The fraction of sp³-hybridized carbons (Fsp3) is 0.385. The van der Waals surface area contributed by atoms with Crippen molar-refractivity contribution in [1.82, 2.24) is 15.1 Å². The van der Waals surface area contributed by atoms with E-state index in [0.717, 1.165) is 17.7 Å². The fourth-order valence-corrected chi connectivity index (χ4v) is 6.22. The van der Waals surface area contributed by atoms with E-state index in [1.807, 2.05) is 12.1 Å². The SMILES string of the molecule is Fc1ccc(Cl)c(-c2ccc(NC3C[C@@H]4CN(C5Cc6ccccc6C5)C[C@@H]4C3)nn2)c1. The lowest BCUT2D eigenvalue weighted by atomic mass is 10.0. The topological polar surface area (TPSA) is 41.0 Å². The van der Waals surface area contributed by atoms with Crippen LogP contribution in [0.2, 0.25) is 5.02 Å². The van der Waals surface area contributed by atoms with E-state index in [9.17, 15) is 4.39 Å². The van der Waals surface area contributed by atoms with E-state index >= 15 is 0 Å². The van der Waals surface area contributed by atoms with Crippen LogP contribution in [-0.4, -0.2) is 40.3 Å². The van der Waals surface area contributed by atoms with Gasteiger partial charge in [0.1, 0.15) is 11.6 Å². The van der Waals surface area contributed by atoms with Crippen LogP contribution in [0.3, 0.4) is 0 Å². The molecule has 32 heavy (non-hydrogen) atoms. The highest BCUT2D eigenvalue weighted by atomic mass is 35.5. The Morgan fingerprint density at radius 3 is 2.28 bits per heavy atom. The Kier molecular flexibility index (Phi) is 5.11. The Labute approximate surface area is 192 Å². The number of anilines is 1. The molecule has 2 heterocycles. The zero-order valence-electron chi connectivity index (χ0n) is 17.8. The van der Waals surface area contributed by atoms with E-state index in [0.29, 0.717) is 28.4 Å². The molecule has 2 aromatic carbocycles. The quantitative estimate of drug-likeness (QED) is 0.593. The number of nitrogens with one attached hydrogen (secondary N) is 1. The lowest BCUT2D eigenvalue weighted by Gasteiger charge is -2.25. The summed E-state index contributed by atoms with van der Waals surface area (Å²) in [4.78, 5) is 2.74. The van der Waals surface area contributed by atoms with Crippen LogP contribution >= 0.6 is 11.6 Å². The first-order valence-electron chi connectivity index (χ1n) is 11.5. The molecule has 3 aromatic rings. The van der Waals surface area contributed by atoms with E-state index in [2.05, 4.69) is 44.7 Å². The Morgan fingerprint density at radius 1 is 0.906 bits per heavy atom. The molecule has 1 aliphatic heterocycles. The summed E-state index contributed by atoms with van der Waals surface area (Å²) in [6.07, 6.45) is 4.77. The number of nitrogens with zero attached hydrogens (tertiary/aromatic N) is 3. The monoisotopic (exact) mass is 448 g/mol. The Bertz CT molecular complexity index is 1100. The number of likely N-dealkylation sites (tertiary alicyclic amines) is 1. The molecule has 0 radical (unpaired) electrons. The van der Waals surface area contributed by atoms with E-state index in [1.54, 1.807) is 6.07 Å². The predicted molar refractivity (Wildman–Crippen MR) is 125 cm³/mol. The minimum Gasteiger partial charge on any atom is -0.366 e. The van der Waals surface area contributed by atoms with Gasteiger partial charge in [0.2, 0.25) is 0 Å². The molecule has 1 N–H and O–H groups in total. The maximum absolute atomic E-state index is 13.6. The van der Waals surface area contributed by atoms with Crippen LogP contribution in [0.1, 0.15) is 24.0 Å². The van der Waals surface area contributed by atoms with Crippen LogP contribution in [0.15, 0.2) is 54.6 Å². The molecule has 1 saturated carbocycles. The second-order valence-corrected chi connectivity index (χ2v) is 9.95. The molecular formula is C26H26ClFN4. The smallest absolute Gasteiger partial charge is 0.148 e. The minimum absolute atomic E-state index is 0.332. The first-order valence-corrected chi connectivity index (χ1v) is 11.9. The molecule has 0 bridgehead atoms. The van der Waals surface area contributed by atoms with Crippen LogP contribution in [0.5, 0.6) is 0 Å². The average Bonchev–Trinajstić information content (AvgIpc) is 3.48. The molecule has 2 fully saturated rings. The van der Waals surface area contributed by atoms with Crippen molar-refractivity contribution in [1.29, 1.82) is 0 Å². The number of aromatic nitrogens is 2. The number of fused-ring (bicyclic) bond motifs is 2. The molecule has 6 heteroatoms. The average molecular weight is 449 g/mol. The van der Waals surface area contributed by atoms with Crippen LogP contribution in [-0.2, 0) is 12.8 Å². The van der Waals surface area contributed by atoms with Crippen molar-refractivity contribution in [3.63, 3.8) is 0 Å². The van der Waals surface area contributed by atoms with Gasteiger partial charge in [0.15, 0.2) is 0 Å². The zero-order valence-corrected chi connectivity index (χ0v) is 18.6. The summed E-state index contributed by atoms with van der Waals surface area (Å²) in [7, 11) is 0. The lowest BCUT2D eigenvalue weighted by molar-refractivity contribution is 0.230. The molecule has 164 valence electrons. The molecule has 1 unspecified atom stereocenters. The third-order valence-electron chi connectivity index (χ3n) is 7.55. The fourth-order valence-electron chi connectivity index (χ4n) is 6.00. The zero-order chi connectivity index (χ0) is 21.7. The second kappa shape index (κ2) is 8.13. The van der Waals surface area contributed by atoms with Crippen molar-refractivity contribution in [3.05, 3.63) is 76.6 Å². The summed E-state index contributed by atoms with van der Waals surface area (Å²) in [5.41, 5.74) is 4.22. The van der Waals surface area contributed by atoms with Gasteiger partial charge in [-0.2, -0.15) is 0 Å². The van der Waals surface area contributed by atoms with E-state index in [1.165, 1.54) is 62.0 Å². The number of benzene rings is 2. The lowest BCUT2D eigenvalue weighted by Crippen LogP contribution is -2.35. The molecule has 3 aliphatic rings. The van der Waals surface area contributed by atoms with E-state index in [4.69, 9.17) is 11.6 Å². The Hall–Kier alpha value is -2.50. The van der Waals surface area contributed by atoms with E-state index < -0.39 is 0 Å². The highest BCUT2D eigenvalue weighted by Gasteiger charge is 2.43. The summed E-state index contributed by atoms with van der Waals surface area (Å²) >= 11 is 6.19. The van der Waals surface area contributed by atoms with Crippen LogP contribution in [0.25, 0.3) is 11.3 Å². The van der Waals surface area contributed by atoms with Gasteiger partial charge in [0, 0.05) is 30.7 Å². The maximum atomic E-state index is 13.6. The van der Waals surface area contributed by atoms with E-state index in [-0.39, 0.29) is 5.82 Å². The van der Waals surface area contributed by atoms with Crippen LogP contribution < -0.4 is 5.32 Å². The summed E-state index contributed by atoms with van der Waals surface area (Å²) in [6, 6.07) is 18.1. The minimum atomic E-state index is -0.332. The highest BCUT2D eigenvalue weighted by Crippen LogP contribution is 2.41. The summed E-state index contributed by atoms with van der Waals surface area (Å²) in [6.45, 7) is 2.42. The number of hydrogen-bond donors (Lipinski definition) is 1. The third-order valence-corrected chi connectivity index (χ3v) is 7.88. The molecule has 4 nitrogen and oxygen atoms in total. The van der Waals surface area contributed by atoms with Gasteiger partial charge in [0.25, 0.3) is 0 Å². The van der Waals surface area contributed by atoms with Crippen molar-refractivity contribution in [2.45, 2.75) is 37.8 Å². The van der Waals surface area contributed by atoms with Crippen molar-refractivity contribution in [3.8, 4) is 11.3 Å². The molecule has 3 atom stereocenters. The van der Waals surface area contributed by atoms with Gasteiger partial charge in [-0.3, -0.25) is 4.90 Å². The molecule has 0 spiro atoms. The summed E-state index contributed by atoms with van der Waals surface area (Å²) in [5.74, 6) is 1.96. The third kappa shape index (κ3) is 3.78. The van der Waals surface area contributed by atoms with Crippen molar-refractivity contribution < 1.29 is 4.39 Å². The van der Waals surface area contributed by atoms with Crippen LogP contribution in [0.4, 0.5) is 10.2 Å². The van der Waals surface area contributed by atoms with Gasteiger partial charge in [-0.15, -0.1) is 10.2 Å². The van der Waals surface area contributed by atoms with Gasteiger partial charge in [-0.05, 0) is 79.0 Å². The number of halogens is 2. The molecule has 1 aromatic heterocycles. The number of rotatable bonds is 4. The van der Waals surface area contributed by atoms with Crippen molar-refractivity contribution in [2.75, 3.05) is 18.4 Å². The normalized spacial score (nSPS) is 25.1. The van der Waals surface area contributed by atoms with Gasteiger partial charge in [0.05, 0.1) is 10.7 Å². The summed E-state index contributed by atoms with van der Waals surface area (Å²) in [5, 5.41) is 12.7. The van der Waals surface area contributed by atoms with Gasteiger partial charge in [-0.1, -0.05) is 35.9 Å². The summed E-state index contributed by atoms with van der Waals surface area (Å²) < 4.78 is 13.6. The first kappa shape index (κ1) is 20.1. The Morgan fingerprint density at radius 2 is 1.62 bits per heavy atom. The number of hydrogen-bond acceptors (Lipinski definition) is 4. The Balaban J connectivity index is 1.05. The predicted octanol–water partition coefficient (Wildman–Crippen LogP) is 5.23. The van der Waals surface area contributed by atoms with Crippen molar-refractivity contribution >= 4 is 17.4 Å².